The number of nitrogens with one attached hydrogen (secondary N) is 2. The van der Waals surface area contributed by atoms with Gasteiger partial charge < -0.3 is 15.4 Å². The van der Waals surface area contributed by atoms with Gasteiger partial charge in [0, 0.05) is 30.2 Å². The molecule has 1 saturated heterocycles. The van der Waals surface area contributed by atoms with E-state index in [2.05, 4.69) is 15.5 Å². The predicted molar refractivity (Wildman–Crippen MR) is 88.1 cm³/mol. The maximum absolute atomic E-state index is 14.4. The first kappa shape index (κ1) is 18.1. The van der Waals surface area contributed by atoms with Crippen LogP contribution in [0.4, 0.5) is 4.39 Å². The quantitative estimate of drug-likeness (QED) is 0.823. The zero-order valence-corrected chi connectivity index (χ0v) is 14.2. The number of rotatable bonds is 6. The highest BCUT2D eigenvalue weighted by Gasteiger charge is 2.29. The Balaban J connectivity index is 2.22. The van der Waals surface area contributed by atoms with Crippen molar-refractivity contribution in [2.45, 2.75) is 19.1 Å². The van der Waals surface area contributed by atoms with Gasteiger partial charge in [-0.3, -0.25) is 9.69 Å². The molecular weight excluding hydrogens is 321 g/mol. The van der Waals surface area contributed by atoms with Crippen molar-refractivity contribution in [1.82, 2.24) is 15.5 Å². The van der Waals surface area contributed by atoms with Gasteiger partial charge in [-0.2, -0.15) is 0 Å². The molecule has 0 spiro atoms. The molecule has 2 rings (SSSR count). The average molecular weight is 344 g/mol. The summed E-state index contributed by atoms with van der Waals surface area (Å²) in [5.74, 6) is -0.490. The van der Waals surface area contributed by atoms with Gasteiger partial charge >= 0.3 is 0 Å². The number of halogens is 2. The van der Waals surface area contributed by atoms with Crippen molar-refractivity contribution < 1.29 is 13.9 Å². The van der Waals surface area contributed by atoms with Crippen molar-refractivity contribution in [3.63, 3.8) is 0 Å². The monoisotopic (exact) mass is 343 g/mol. The van der Waals surface area contributed by atoms with Crippen molar-refractivity contribution >= 4 is 17.5 Å². The van der Waals surface area contributed by atoms with E-state index >= 15 is 0 Å². The van der Waals surface area contributed by atoms with E-state index in [0.717, 1.165) is 0 Å². The van der Waals surface area contributed by atoms with E-state index in [0.29, 0.717) is 36.8 Å². The molecular formula is C16H23ClFN3O2. The number of nitrogens with zero attached hydrogens (tertiary/aromatic N) is 1. The summed E-state index contributed by atoms with van der Waals surface area (Å²) in [6.45, 7) is 4.41. The maximum atomic E-state index is 14.4. The number of carbonyl (C=O) groups excluding carboxylic acids is 1. The molecule has 1 aromatic rings. The van der Waals surface area contributed by atoms with Crippen LogP contribution in [0.5, 0.6) is 0 Å². The molecule has 128 valence electrons. The number of benzene rings is 1. The minimum Gasteiger partial charge on any atom is -0.376 e. The van der Waals surface area contributed by atoms with Crippen LogP contribution in [0.15, 0.2) is 18.2 Å². The van der Waals surface area contributed by atoms with Crippen molar-refractivity contribution in [3.8, 4) is 0 Å². The number of amides is 1. The largest absolute Gasteiger partial charge is 0.376 e. The van der Waals surface area contributed by atoms with Gasteiger partial charge in [-0.1, -0.05) is 17.7 Å². The molecule has 1 aliphatic heterocycles. The molecule has 0 aromatic heterocycles. The Morgan fingerprint density at radius 2 is 2.35 bits per heavy atom. The van der Waals surface area contributed by atoms with Crippen LogP contribution in [0.25, 0.3) is 0 Å². The van der Waals surface area contributed by atoms with Gasteiger partial charge in [0.25, 0.3) is 0 Å². The molecule has 5 nitrogen and oxygen atoms in total. The van der Waals surface area contributed by atoms with Crippen molar-refractivity contribution in [2.24, 2.45) is 0 Å². The Morgan fingerprint density at radius 3 is 3.00 bits per heavy atom. The highest BCUT2D eigenvalue weighted by molar-refractivity contribution is 6.31. The summed E-state index contributed by atoms with van der Waals surface area (Å²) in [5, 5.41) is 6.01. The van der Waals surface area contributed by atoms with Gasteiger partial charge in [-0.15, -0.1) is 0 Å². The number of ether oxygens (including phenoxy) is 1. The Labute approximate surface area is 141 Å². The fraction of sp³-hybridized carbons (Fsp3) is 0.562. The van der Waals surface area contributed by atoms with Crippen LogP contribution in [0.3, 0.4) is 0 Å². The summed E-state index contributed by atoms with van der Waals surface area (Å²) in [5.41, 5.74) is 0.424. The molecule has 2 atom stereocenters. The minimum absolute atomic E-state index is 0.0600. The number of carbonyl (C=O) groups is 1. The lowest BCUT2D eigenvalue weighted by molar-refractivity contribution is -0.120. The standard InChI is InChI=1S/C16H23ClFN3O2/c1-11-10-21(6-7-23-11)14(8-20-15(22)9-19-2)16-12(17)4-3-5-13(16)18/h3-5,11,14,19H,6-10H2,1-2H3,(H,20,22)/t11-,14-/m1/s1. The van der Waals surface area contributed by atoms with Crippen LogP contribution < -0.4 is 10.6 Å². The van der Waals surface area contributed by atoms with Gasteiger partial charge in [-0.25, -0.2) is 4.39 Å². The van der Waals surface area contributed by atoms with Gasteiger partial charge in [-0.05, 0) is 26.1 Å². The van der Waals surface area contributed by atoms with E-state index in [4.69, 9.17) is 16.3 Å². The fourth-order valence-electron chi connectivity index (χ4n) is 2.80. The molecule has 0 saturated carbocycles. The van der Waals surface area contributed by atoms with E-state index in [9.17, 15) is 9.18 Å². The van der Waals surface area contributed by atoms with Gasteiger partial charge in [0.15, 0.2) is 0 Å². The molecule has 23 heavy (non-hydrogen) atoms. The van der Waals surface area contributed by atoms with Crippen LogP contribution >= 0.6 is 11.6 Å². The molecule has 0 aliphatic carbocycles. The van der Waals surface area contributed by atoms with E-state index < -0.39 is 0 Å². The van der Waals surface area contributed by atoms with Gasteiger partial charge in [0.1, 0.15) is 5.82 Å². The first-order valence-corrected chi connectivity index (χ1v) is 8.11. The Hall–Kier alpha value is -1.21. The SMILES string of the molecule is CNCC(=O)NC[C@H](c1c(F)cccc1Cl)N1CCO[C@H](C)C1. The van der Waals surface area contributed by atoms with Crippen molar-refractivity contribution in [3.05, 3.63) is 34.6 Å². The third-order valence-corrected chi connectivity index (χ3v) is 4.21. The molecule has 0 unspecified atom stereocenters. The Bertz CT molecular complexity index is 524. The molecule has 1 heterocycles. The molecule has 1 fully saturated rings. The van der Waals surface area contributed by atoms with Gasteiger partial charge in [0.2, 0.25) is 5.91 Å². The Kier molecular flexibility index (Phi) is 6.77. The molecule has 7 heteroatoms. The third-order valence-electron chi connectivity index (χ3n) is 3.88. The van der Waals surface area contributed by atoms with E-state index in [-0.39, 0.29) is 30.4 Å². The second-order valence-electron chi connectivity index (χ2n) is 5.66. The molecule has 0 radical (unpaired) electrons. The number of hydrogen-bond donors (Lipinski definition) is 2. The number of morpholine rings is 1. The van der Waals surface area contributed by atoms with Crippen molar-refractivity contribution in [2.75, 3.05) is 39.8 Å². The summed E-state index contributed by atoms with van der Waals surface area (Å²) in [7, 11) is 1.70. The molecule has 1 amide bonds. The first-order valence-electron chi connectivity index (χ1n) is 7.73. The second kappa shape index (κ2) is 8.59. The summed E-state index contributed by atoms with van der Waals surface area (Å²) in [4.78, 5) is 13.9. The van der Waals surface area contributed by atoms with E-state index in [1.54, 1.807) is 19.2 Å². The fourth-order valence-corrected chi connectivity index (χ4v) is 3.09. The van der Waals surface area contributed by atoms with E-state index in [1.807, 2.05) is 6.92 Å². The molecule has 2 N–H and O–H groups in total. The lowest BCUT2D eigenvalue weighted by Crippen LogP contribution is -2.47. The molecule has 0 bridgehead atoms. The highest BCUT2D eigenvalue weighted by Crippen LogP contribution is 2.30. The smallest absolute Gasteiger partial charge is 0.234 e. The van der Waals surface area contributed by atoms with Crippen LogP contribution in [-0.2, 0) is 9.53 Å². The summed E-state index contributed by atoms with van der Waals surface area (Å²) < 4.78 is 19.9. The normalized spacial score (nSPS) is 20.3. The highest BCUT2D eigenvalue weighted by atomic mass is 35.5. The summed E-state index contributed by atoms with van der Waals surface area (Å²) in [6, 6.07) is 4.33. The third kappa shape index (κ3) is 4.88. The van der Waals surface area contributed by atoms with Gasteiger partial charge in [0.05, 0.1) is 25.3 Å². The van der Waals surface area contributed by atoms with E-state index in [1.165, 1.54) is 6.07 Å². The van der Waals surface area contributed by atoms with Crippen LogP contribution in [-0.4, -0.2) is 56.7 Å². The number of hydrogen-bond acceptors (Lipinski definition) is 4. The zero-order valence-electron chi connectivity index (χ0n) is 13.4. The second-order valence-corrected chi connectivity index (χ2v) is 6.07. The topological polar surface area (TPSA) is 53.6 Å². The maximum Gasteiger partial charge on any atom is 0.234 e. The van der Waals surface area contributed by atoms with Crippen molar-refractivity contribution in [1.29, 1.82) is 0 Å². The minimum atomic E-state index is -0.357. The molecule has 1 aromatic carbocycles. The number of likely N-dealkylation sites (N-methyl/N-ethyl adjacent to an activating group) is 1. The first-order chi connectivity index (χ1) is 11.0. The van der Waals surface area contributed by atoms with Crippen LogP contribution in [0.1, 0.15) is 18.5 Å². The molecule has 1 aliphatic rings. The lowest BCUT2D eigenvalue weighted by Gasteiger charge is -2.38. The summed E-state index contributed by atoms with van der Waals surface area (Å²) in [6.07, 6.45) is 0.0600. The average Bonchev–Trinajstić information content (AvgIpc) is 2.50. The predicted octanol–water partition coefficient (Wildman–Crippen LogP) is 1.58. The van der Waals surface area contributed by atoms with Crippen LogP contribution in [0, 0.1) is 5.82 Å². The van der Waals surface area contributed by atoms with Crippen LogP contribution in [0.2, 0.25) is 5.02 Å². The summed E-state index contributed by atoms with van der Waals surface area (Å²) >= 11 is 6.23. The Morgan fingerprint density at radius 1 is 1.57 bits per heavy atom. The lowest BCUT2D eigenvalue weighted by atomic mass is 10.0. The zero-order chi connectivity index (χ0) is 16.8.